The molecule has 0 amide bonds. The Morgan fingerprint density at radius 3 is 2.41 bits per heavy atom. The van der Waals surface area contributed by atoms with Gasteiger partial charge in [-0.15, -0.1) is 0 Å². The van der Waals surface area contributed by atoms with Crippen molar-refractivity contribution in [3.63, 3.8) is 0 Å². The Morgan fingerprint density at radius 2 is 1.88 bits per heavy atom. The average Bonchev–Trinajstić information content (AvgIpc) is 2.66. The van der Waals surface area contributed by atoms with Gasteiger partial charge in [0.05, 0.1) is 0 Å². The number of ether oxygens (including phenoxy) is 1. The fourth-order valence-electron chi connectivity index (χ4n) is 1.66. The first-order chi connectivity index (χ1) is 7.72. The van der Waals surface area contributed by atoms with Crippen LogP contribution in [0.3, 0.4) is 0 Å². The van der Waals surface area contributed by atoms with Crippen LogP contribution in [0.4, 0.5) is 13.2 Å². The van der Waals surface area contributed by atoms with Gasteiger partial charge in [-0.3, -0.25) is 0 Å². The van der Waals surface area contributed by atoms with E-state index in [0.717, 1.165) is 5.30 Å². The Morgan fingerprint density at radius 1 is 1.24 bits per heavy atom. The Kier molecular flexibility index (Phi) is 2.82. The van der Waals surface area contributed by atoms with Crippen LogP contribution in [0.15, 0.2) is 18.2 Å². The fraction of sp³-hybridized carbons (Fsp3) is 0.333. The molecule has 1 heterocycles. The number of halogens is 3. The molecule has 8 heteroatoms. The van der Waals surface area contributed by atoms with Crippen molar-refractivity contribution in [1.29, 1.82) is 0 Å². The summed E-state index contributed by atoms with van der Waals surface area (Å²) < 4.78 is 45.3. The van der Waals surface area contributed by atoms with Gasteiger partial charge in [-0.1, -0.05) is 0 Å². The van der Waals surface area contributed by atoms with Crippen LogP contribution < -0.4 is 20.9 Å². The summed E-state index contributed by atoms with van der Waals surface area (Å²) in [6, 6.07) is 4.05. The monoisotopic (exact) mass is 268 g/mol. The summed E-state index contributed by atoms with van der Waals surface area (Å²) in [6.45, 7) is 0. The molecule has 2 rings (SSSR count). The molecule has 0 spiro atoms. The first-order valence-corrected chi connectivity index (χ1v) is 6.77. The molecule has 4 nitrogen and oxygen atoms in total. The van der Waals surface area contributed by atoms with E-state index in [1.54, 1.807) is 14.1 Å². The average molecular weight is 268 g/mol. The predicted octanol–water partition coefficient (Wildman–Crippen LogP) is 0.881. The van der Waals surface area contributed by atoms with Crippen LogP contribution in [0.5, 0.6) is 5.75 Å². The zero-order chi connectivity index (χ0) is 12.8. The van der Waals surface area contributed by atoms with Crippen molar-refractivity contribution in [2.24, 2.45) is 5.50 Å². The van der Waals surface area contributed by atoms with Gasteiger partial charge in [0.15, 0.2) is 0 Å². The summed E-state index contributed by atoms with van der Waals surface area (Å²) in [4.78, 5) is 0. The second-order valence-corrected chi connectivity index (χ2v) is 6.63. The van der Waals surface area contributed by atoms with Gasteiger partial charge in [0, 0.05) is 0 Å². The third kappa shape index (κ3) is 2.52. The standard InChI is InChI=1S/C9H12F3N2O2P/c1-14(2)16-17(13)7-4-3-6(5-8(7)17)15-9(10,11)12/h3-5,17H,13H2,1-2H3. The number of fused-ring (bicyclic) bond motifs is 1. The molecule has 96 valence electrons. The molecule has 1 aromatic rings. The van der Waals surface area contributed by atoms with Crippen LogP contribution >= 0.6 is 7.64 Å². The van der Waals surface area contributed by atoms with E-state index in [4.69, 9.17) is 10.1 Å². The second kappa shape index (κ2) is 3.81. The van der Waals surface area contributed by atoms with Crippen molar-refractivity contribution < 1.29 is 22.5 Å². The summed E-state index contributed by atoms with van der Waals surface area (Å²) in [5.74, 6) is -0.265. The first-order valence-electron chi connectivity index (χ1n) is 4.78. The van der Waals surface area contributed by atoms with Gasteiger partial charge in [0.25, 0.3) is 0 Å². The summed E-state index contributed by atoms with van der Waals surface area (Å²) in [5.41, 5.74) is 5.99. The van der Waals surface area contributed by atoms with E-state index in [0.29, 0.717) is 5.30 Å². The summed E-state index contributed by atoms with van der Waals surface area (Å²) in [5, 5.41) is 2.88. The maximum absolute atomic E-state index is 12.0. The number of rotatable bonds is 3. The van der Waals surface area contributed by atoms with Crippen molar-refractivity contribution in [2.45, 2.75) is 6.36 Å². The molecule has 0 saturated carbocycles. The van der Waals surface area contributed by atoms with Gasteiger partial charge in [-0.25, -0.2) is 0 Å². The normalized spacial score (nSPS) is 18.8. The van der Waals surface area contributed by atoms with E-state index in [1.807, 2.05) is 0 Å². The number of alkyl halides is 3. The van der Waals surface area contributed by atoms with Gasteiger partial charge in [-0.05, 0) is 0 Å². The van der Waals surface area contributed by atoms with E-state index < -0.39 is 14.0 Å². The zero-order valence-electron chi connectivity index (χ0n) is 9.21. The van der Waals surface area contributed by atoms with Gasteiger partial charge in [-0.2, -0.15) is 0 Å². The minimum atomic E-state index is -4.69. The molecular weight excluding hydrogens is 256 g/mol. The molecule has 0 fully saturated rings. The van der Waals surface area contributed by atoms with Gasteiger partial charge in [0.2, 0.25) is 0 Å². The molecule has 1 aliphatic rings. The number of hydroxylamine groups is 2. The number of benzene rings is 1. The molecule has 0 bridgehead atoms. The van der Waals surface area contributed by atoms with Crippen molar-refractivity contribution in [1.82, 2.24) is 5.06 Å². The van der Waals surface area contributed by atoms with E-state index >= 15 is 0 Å². The molecule has 0 unspecified atom stereocenters. The van der Waals surface area contributed by atoms with Crippen LogP contribution in [0.2, 0.25) is 0 Å². The van der Waals surface area contributed by atoms with Crippen LogP contribution in [0, 0.1) is 0 Å². The molecule has 0 atom stereocenters. The summed E-state index contributed by atoms with van der Waals surface area (Å²) >= 11 is 0. The topological polar surface area (TPSA) is 47.7 Å². The Labute approximate surface area is 96.5 Å². The van der Waals surface area contributed by atoms with E-state index in [9.17, 15) is 13.2 Å². The predicted molar refractivity (Wildman–Crippen MR) is 59.7 cm³/mol. The number of nitrogens with two attached hydrogens (primary N) is 1. The van der Waals surface area contributed by atoms with E-state index in [2.05, 4.69) is 4.74 Å². The third-order valence-electron chi connectivity index (χ3n) is 2.29. The molecule has 0 saturated heterocycles. The van der Waals surface area contributed by atoms with Crippen molar-refractivity contribution >= 4 is 18.2 Å². The Bertz CT molecular complexity index is 452. The zero-order valence-corrected chi connectivity index (χ0v) is 10.2. The maximum atomic E-state index is 12.0. The molecule has 0 aromatic heterocycles. The number of hydrogen-bond acceptors (Lipinski definition) is 4. The molecule has 0 radical (unpaired) electrons. The van der Waals surface area contributed by atoms with Crippen molar-refractivity contribution in [2.75, 3.05) is 14.1 Å². The Hall–Kier alpha value is -0.880. The molecule has 1 aromatic carbocycles. The van der Waals surface area contributed by atoms with Crippen LogP contribution in [-0.4, -0.2) is 25.5 Å². The van der Waals surface area contributed by atoms with Gasteiger partial charge >= 0.3 is 95.8 Å². The van der Waals surface area contributed by atoms with E-state index in [1.165, 1.54) is 23.3 Å². The second-order valence-electron chi connectivity index (χ2n) is 3.89. The van der Waals surface area contributed by atoms with Gasteiger partial charge < -0.3 is 0 Å². The Balaban J connectivity index is 2.16. The summed E-state index contributed by atoms with van der Waals surface area (Å²) in [6.07, 6.45) is -4.69. The summed E-state index contributed by atoms with van der Waals surface area (Å²) in [7, 11) is 0.713. The molecular formula is C9H12F3N2O2P. The fourth-order valence-corrected chi connectivity index (χ4v) is 4.28. The SMILES string of the molecule is CN(C)O[PH]1(N)c2ccc(OC(F)(F)F)cc21. The quantitative estimate of drug-likeness (QED) is 0.653. The molecule has 0 aliphatic carbocycles. The third-order valence-corrected chi connectivity index (χ3v) is 5.14. The van der Waals surface area contributed by atoms with Crippen LogP contribution in [0.25, 0.3) is 0 Å². The minimum absolute atomic E-state index is 0.265. The molecule has 17 heavy (non-hydrogen) atoms. The molecule has 2 N–H and O–H groups in total. The van der Waals surface area contributed by atoms with Crippen LogP contribution in [-0.2, 0) is 4.62 Å². The number of hydrogen-bond donors (Lipinski definition) is 1. The number of nitrogens with zero attached hydrogens (tertiary/aromatic N) is 1. The molecule has 1 aliphatic heterocycles. The van der Waals surface area contributed by atoms with Crippen LogP contribution in [0.1, 0.15) is 0 Å². The first kappa shape index (κ1) is 12.6. The van der Waals surface area contributed by atoms with E-state index in [-0.39, 0.29) is 5.75 Å². The van der Waals surface area contributed by atoms with Gasteiger partial charge in [0.1, 0.15) is 0 Å². The van der Waals surface area contributed by atoms with Crippen molar-refractivity contribution in [3.05, 3.63) is 18.2 Å². The van der Waals surface area contributed by atoms with Crippen molar-refractivity contribution in [3.8, 4) is 5.75 Å².